The molecular weight excluding hydrogens is 883 g/mol. The van der Waals surface area contributed by atoms with Crippen molar-refractivity contribution >= 4 is 86.9 Å². The van der Waals surface area contributed by atoms with Crippen LogP contribution in [-0.2, 0) is 4.79 Å². The maximum Gasteiger partial charge on any atom is 0.201 e. The van der Waals surface area contributed by atoms with Gasteiger partial charge < -0.3 is 40.6 Å². The number of aryl methyl sites for hydroxylation is 2. The highest BCUT2D eigenvalue weighted by atomic mass is 16.3. The standard InChI is InChI=1S/C30H16O8.C29H35NO2/c1-7-3-9(31)19-23-15(7)16-8(2)4-10(32)20-24(16)28-26-18(12(34)6-14(36)22(26)30(20)38)17-11(33)5-13(35)21(29(19)37)25(17)27(23)28;1-5-15-29(32)16-14-26-24-12-8-20-17-22(31)11-13-23(20)27(24)25(18-28(26,29)2)19-6-9-21(10-7-19)30(3)4/h3-6,31-36H,1-2H3;6-7,9-10,17,24-26,32H,8,11-14,16,18H2,1-4H3/t;24-,25+,26-,28-,29-/m.0/s1. The van der Waals surface area contributed by atoms with Crippen LogP contribution >= 0.6 is 0 Å². The van der Waals surface area contributed by atoms with Gasteiger partial charge in [0.1, 0.15) is 40.1 Å². The first kappa shape index (κ1) is 43.7. The first-order valence-corrected chi connectivity index (χ1v) is 24.0. The molecule has 9 aromatic carbocycles. The number of aliphatic hydroxyl groups is 1. The molecule has 352 valence electrons. The Kier molecular flexibility index (Phi) is 9.05. The van der Waals surface area contributed by atoms with E-state index in [-0.39, 0.29) is 71.7 Å². The van der Waals surface area contributed by atoms with Gasteiger partial charge in [-0.3, -0.25) is 14.4 Å². The molecule has 4 aliphatic rings. The molecule has 0 saturated heterocycles. The minimum Gasteiger partial charge on any atom is -0.507 e. The van der Waals surface area contributed by atoms with E-state index in [4.69, 9.17) is 0 Å². The quantitative estimate of drug-likeness (QED) is 0.0495. The molecule has 0 radical (unpaired) electrons. The molecule has 70 heavy (non-hydrogen) atoms. The number of ketones is 1. The molecule has 11 nitrogen and oxygen atoms in total. The number of nitrogens with zero attached hydrogens (tertiary/aromatic N) is 1. The van der Waals surface area contributed by atoms with Gasteiger partial charge >= 0.3 is 0 Å². The van der Waals surface area contributed by atoms with Crippen molar-refractivity contribution in [3.8, 4) is 46.3 Å². The second kappa shape index (κ2) is 14.5. The number of aromatic hydroxyl groups is 6. The summed E-state index contributed by atoms with van der Waals surface area (Å²) in [5.41, 5.74) is 5.60. The minimum atomic E-state index is -0.914. The number of hydrogen-bond donors (Lipinski definition) is 7. The van der Waals surface area contributed by atoms with Gasteiger partial charge in [-0.25, -0.2) is 0 Å². The smallest absolute Gasteiger partial charge is 0.201 e. The summed E-state index contributed by atoms with van der Waals surface area (Å²) >= 11 is 0. The van der Waals surface area contributed by atoms with Crippen LogP contribution in [0.25, 0.3) is 75.4 Å². The van der Waals surface area contributed by atoms with Gasteiger partial charge in [0.25, 0.3) is 0 Å². The van der Waals surface area contributed by atoms with E-state index in [1.165, 1.54) is 34.5 Å². The van der Waals surface area contributed by atoms with Crippen molar-refractivity contribution in [2.24, 2.45) is 17.3 Å². The fourth-order valence-electron chi connectivity index (χ4n) is 14.4. The monoisotopic (exact) mass is 933 g/mol. The van der Waals surface area contributed by atoms with Crippen LogP contribution in [0.15, 0.2) is 80.9 Å². The molecule has 0 aromatic heterocycles. The highest BCUT2D eigenvalue weighted by Crippen LogP contribution is 2.67. The number of fused-ring (bicyclic) bond motifs is 6. The van der Waals surface area contributed by atoms with E-state index in [0.717, 1.165) is 50.7 Å². The number of phenolic OH excluding ortho intramolecular Hbond substituents is 6. The zero-order valence-electron chi connectivity index (χ0n) is 39.7. The van der Waals surface area contributed by atoms with Gasteiger partial charge in [0, 0.05) is 92.8 Å². The van der Waals surface area contributed by atoms with Crippen molar-refractivity contribution in [1.82, 2.24) is 0 Å². The molecule has 0 heterocycles. The molecule has 5 atom stereocenters. The Bertz CT molecular complexity index is 3720. The summed E-state index contributed by atoms with van der Waals surface area (Å²) in [7, 11) is 4.14. The summed E-state index contributed by atoms with van der Waals surface area (Å²) in [6, 6.07) is 13.8. The molecule has 0 aliphatic heterocycles. The topological polar surface area (TPSA) is 196 Å². The van der Waals surface area contributed by atoms with Gasteiger partial charge in [-0.2, -0.15) is 0 Å². The summed E-state index contributed by atoms with van der Waals surface area (Å²) in [6.45, 7) is 7.66. The molecule has 4 aliphatic carbocycles. The molecule has 0 bridgehead atoms. The Labute approximate surface area is 401 Å². The lowest BCUT2D eigenvalue weighted by Crippen LogP contribution is -2.51. The molecule has 2 fully saturated rings. The summed E-state index contributed by atoms with van der Waals surface area (Å²) in [6.07, 6.45) is 8.23. The SMILES string of the molecule is CC#C[C@]1(O)CC[C@H]2[C@@H]3CCC4=CC(=O)CCC4=C3[C@@H](c3ccc(N(C)C)cc3)C[C@@]21C.Cc1cc(O)c2c(=O)c3c(O)cc(O)c4c5c(O)cc(O)c6c(=O)c7c(O)cc(C)c8c1c2c(c34)c(c78)c65. The Morgan fingerprint density at radius 2 is 1.07 bits per heavy atom. The minimum absolute atomic E-state index is 0.0211. The van der Waals surface area contributed by atoms with E-state index in [2.05, 4.69) is 62.0 Å². The second-order valence-corrected chi connectivity index (χ2v) is 20.9. The van der Waals surface area contributed by atoms with Crippen LogP contribution in [0.1, 0.15) is 81.4 Å². The number of carbonyl (C=O) groups excluding carboxylic acids is 1. The van der Waals surface area contributed by atoms with E-state index >= 15 is 0 Å². The predicted molar refractivity (Wildman–Crippen MR) is 275 cm³/mol. The fourth-order valence-corrected chi connectivity index (χ4v) is 14.4. The lowest BCUT2D eigenvalue weighted by molar-refractivity contribution is -0.114. The molecule has 0 unspecified atom stereocenters. The van der Waals surface area contributed by atoms with Gasteiger partial charge in [-0.15, -0.1) is 5.92 Å². The second-order valence-electron chi connectivity index (χ2n) is 20.9. The Morgan fingerprint density at radius 1 is 0.600 bits per heavy atom. The third-order valence-electron chi connectivity index (χ3n) is 17.3. The van der Waals surface area contributed by atoms with Crippen LogP contribution in [-0.4, -0.2) is 61.2 Å². The van der Waals surface area contributed by atoms with E-state index in [0.29, 0.717) is 61.7 Å². The zero-order valence-corrected chi connectivity index (χ0v) is 39.7. The first-order valence-electron chi connectivity index (χ1n) is 24.0. The number of rotatable bonds is 2. The summed E-state index contributed by atoms with van der Waals surface area (Å²) in [5, 5.41) is 80.2. The number of anilines is 1. The van der Waals surface area contributed by atoms with Crippen LogP contribution in [0.3, 0.4) is 0 Å². The van der Waals surface area contributed by atoms with Gasteiger partial charge in [-0.1, -0.05) is 30.6 Å². The maximum atomic E-state index is 13.9. The van der Waals surface area contributed by atoms with Crippen molar-refractivity contribution in [1.29, 1.82) is 0 Å². The average Bonchev–Trinajstić information content (AvgIpc) is 3.56. The zero-order chi connectivity index (χ0) is 49.4. The Hall–Kier alpha value is -7.55. The van der Waals surface area contributed by atoms with E-state index in [1.54, 1.807) is 19.4 Å². The number of phenols is 6. The van der Waals surface area contributed by atoms with Crippen LogP contribution in [0.5, 0.6) is 34.5 Å². The number of allylic oxidation sites excluding steroid dienone is 4. The highest BCUT2D eigenvalue weighted by Gasteiger charge is 2.62. The molecule has 0 spiro atoms. The highest BCUT2D eigenvalue weighted by molar-refractivity contribution is 6.51. The molecule has 0 amide bonds. The largest absolute Gasteiger partial charge is 0.507 e. The Balaban J connectivity index is 0.000000147. The maximum absolute atomic E-state index is 13.9. The lowest BCUT2D eigenvalue weighted by Gasteiger charge is -2.53. The van der Waals surface area contributed by atoms with Crippen LogP contribution in [0, 0.1) is 42.9 Å². The fraction of sp³-hybridized carbons (Fsp3) is 0.305. The van der Waals surface area contributed by atoms with E-state index in [1.807, 2.05) is 13.0 Å². The number of carbonyl (C=O) groups is 1. The number of hydrogen-bond acceptors (Lipinski definition) is 11. The van der Waals surface area contributed by atoms with Crippen LogP contribution in [0.2, 0.25) is 0 Å². The predicted octanol–water partition coefficient (Wildman–Crippen LogP) is 10.5. The molecule has 11 heteroatoms. The van der Waals surface area contributed by atoms with Crippen molar-refractivity contribution < 1.29 is 40.5 Å². The van der Waals surface area contributed by atoms with Crippen molar-refractivity contribution in [3.63, 3.8) is 0 Å². The summed E-state index contributed by atoms with van der Waals surface area (Å²) in [5.74, 6) is 5.25. The third kappa shape index (κ3) is 5.42. The van der Waals surface area contributed by atoms with Crippen molar-refractivity contribution in [3.05, 3.63) is 108 Å². The third-order valence-corrected chi connectivity index (χ3v) is 17.3. The van der Waals surface area contributed by atoms with Gasteiger partial charge in [0.2, 0.25) is 10.9 Å². The van der Waals surface area contributed by atoms with Gasteiger partial charge in [0.05, 0.1) is 21.5 Å². The molecule has 2 saturated carbocycles. The summed E-state index contributed by atoms with van der Waals surface area (Å²) in [4.78, 5) is 42.1. The summed E-state index contributed by atoms with van der Waals surface area (Å²) < 4.78 is 0. The van der Waals surface area contributed by atoms with Crippen LogP contribution < -0.4 is 15.8 Å². The van der Waals surface area contributed by atoms with E-state index in [9.17, 15) is 50.1 Å². The normalized spacial score (nSPS) is 23.3. The number of benzene rings is 9. The lowest BCUT2D eigenvalue weighted by atomic mass is 9.51. The molecule has 9 aromatic rings. The molecular formula is C59H51NO10. The van der Waals surface area contributed by atoms with Crippen molar-refractivity contribution in [2.75, 3.05) is 19.0 Å². The first-order chi connectivity index (χ1) is 33.3. The van der Waals surface area contributed by atoms with Crippen molar-refractivity contribution in [2.45, 2.75) is 84.2 Å². The Morgan fingerprint density at radius 3 is 1.57 bits per heavy atom. The van der Waals surface area contributed by atoms with E-state index < -0.39 is 39.5 Å². The van der Waals surface area contributed by atoms with Gasteiger partial charge in [0.15, 0.2) is 5.78 Å². The molecule has 7 N–H and O–H groups in total. The average molecular weight is 934 g/mol. The molecule has 13 rings (SSSR count). The van der Waals surface area contributed by atoms with Gasteiger partial charge in [-0.05, 0) is 140 Å². The van der Waals surface area contributed by atoms with Crippen LogP contribution in [0.4, 0.5) is 5.69 Å².